The summed E-state index contributed by atoms with van der Waals surface area (Å²) in [5, 5.41) is 2.73. The standard InChI is InChI=1S/C10H22N2O/c1-7(2)6-10(4,5)9(13)12-8(3)11/h7-8H,6,11H2,1-5H3,(H,12,13). The summed E-state index contributed by atoms with van der Waals surface area (Å²) in [7, 11) is 0. The Morgan fingerprint density at radius 1 is 1.38 bits per heavy atom. The minimum atomic E-state index is -0.318. The fraction of sp³-hybridized carbons (Fsp3) is 0.900. The fourth-order valence-corrected chi connectivity index (χ4v) is 1.52. The number of rotatable bonds is 4. The highest BCUT2D eigenvalue weighted by atomic mass is 16.2. The van der Waals surface area contributed by atoms with Crippen LogP contribution in [0.1, 0.15) is 41.0 Å². The molecule has 0 aliphatic carbocycles. The topological polar surface area (TPSA) is 55.1 Å². The molecular weight excluding hydrogens is 164 g/mol. The van der Waals surface area contributed by atoms with Crippen LogP contribution >= 0.6 is 0 Å². The molecule has 0 aliphatic rings. The first-order valence-electron chi connectivity index (χ1n) is 4.82. The quantitative estimate of drug-likeness (QED) is 0.653. The minimum absolute atomic E-state index is 0.0381. The number of nitrogens with two attached hydrogens (primary N) is 1. The van der Waals surface area contributed by atoms with Crippen molar-refractivity contribution in [1.82, 2.24) is 5.32 Å². The van der Waals surface area contributed by atoms with Gasteiger partial charge in [0.1, 0.15) is 0 Å². The largest absolute Gasteiger partial charge is 0.341 e. The Morgan fingerprint density at radius 3 is 2.15 bits per heavy atom. The monoisotopic (exact) mass is 186 g/mol. The Bertz CT molecular complexity index is 174. The second-order valence-corrected chi connectivity index (χ2v) is 4.74. The fourth-order valence-electron chi connectivity index (χ4n) is 1.52. The zero-order chi connectivity index (χ0) is 10.6. The first kappa shape index (κ1) is 12.4. The van der Waals surface area contributed by atoms with Gasteiger partial charge >= 0.3 is 0 Å². The van der Waals surface area contributed by atoms with Crippen molar-refractivity contribution in [2.75, 3.05) is 0 Å². The molecule has 78 valence electrons. The summed E-state index contributed by atoms with van der Waals surface area (Å²) in [6.07, 6.45) is 0.616. The van der Waals surface area contributed by atoms with Crippen LogP contribution in [0.3, 0.4) is 0 Å². The van der Waals surface area contributed by atoms with E-state index < -0.39 is 0 Å². The van der Waals surface area contributed by atoms with Gasteiger partial charge in [-0.15, -0.1) is 0 Å². The minimum Gasteiger partial charge on any atom is -0.341 e. The predicted molar refractivity (Wildman–Crippen MR) is 55.0 cm³/mol. The zero-order valence-corrected chi connectivity index (χ0v) is 9.35. The molecule has 0 aromatic carbocycles. The van der Waals surface area contributed by atoms with Gasteiger partial charge < -0.3 is 11.1 Å². The molecule has 0 fully saturated rings. The van der Waals surface area contributed by atoms with E-state index in [1.807, 2.05) is 13.8 Å². The Kier molecular flexibility index (Phi) is 4.40. The van der Waals surface area contributed by atoms with Crippen LogP contribution in [-0.2, 0) is 4.79 Å². The predicted octanol–water partition coefficient (Wildman–Crippen LogP) is 1.48. The average Bonchev–Trinajstić information content (AvgIpc) is 1.81. The summed E-state index contributed by atoms with van der Waals surface area (Å²) >= 11 is 0. The number of hydrogen-bond donors (Lipinski definition) is 2. The van der Waals surface area contributed by atoms with E-state index in [1.165, 1.54) is 0 Å². The highest BCUT2D eigenvalue weighted by Crippen LogP contribution is 2.25. The van der Waals surface area contributed by atoms with Gasteiger partial charge in [0, 0.05) is 5.41 Å². The van der Waals surface area contributed by atoms with Crippen molar-refractivity contribution in [3.8, 4) is 0 Å². The second-order valence-electron chi connectivity index (χ2n) is 4.74. The molecule has 0 heterocycles. The van der Waals surface area contributed by atoms with Gasteiger partial charge in [-0.05, 0) is 19.3 Å². The third-order valence-electron chi connectivity index (χ3n) is 1.89. The van der Waals surface area contributed by atoms with Crippen LogP contribution in [-0.4, -0.2) is 12.1 Å². The molecule has 13 heavy (non-hydrogen) atoms. The molecule has 0 aromatic rings. The smallest absolute Gasteiger partial charge is 0.226 e. The molecule has 0 spiro atoms. The molecule has 0 radical (unpaired) electrons. The number of carbonyl (C=O) groups is 1. The first-order valence-corrected chi connectivity index (χ1v) is 4.82. The molecular formula is C10H22N2O. The molecule has 0 saturated heterocycles. The lowest BCUT2D eigenvalue weighted by molar-refractivity contribution is -0.130. The van der Waals surface area contributed by atoms with Gasteiger partial charge in [-0.3, -0.25) is 4.79 Å². The summed E-state index contributed by atoms with van der Waals surface area (Å²) in [4.78, 5) is 11.6. The van der Waals surface area contributed by atoms with E-state index >= 15 is 0 Å². The molecule has 0 aromatic heterocycles. The average molecular weight is 186 g/mol. The third-order valence-corrected chi connectivity index (χ3v) is 1.89. The number of hydrogen-bond acceptors (Lipinski definition) is 2. The van der Waals surface area contributed by atoms with Gasteiger partial charge in [-0.2, -0.15) is 0 Å². The number of carbonyl (C=O) groups excluding carboxylic acids is 1. The summed E-state index contributed by atoms with van der Waals surface area (Å²) in [6, 6.07) is 0. The number of amides is 1. The molecule has 0 rings (SSSR count). The van der Waals surface area contributed by atoms with Crippen LogP contribution in [0.5, 0.6) is 0 Å². The van der Waals surface area contributed by atoms with Gasteiger partial charge in [0.25, 0.3) is 0 Å². The lowest BCUT2D eigenvalue weighted by Gasteiger charge is -2.26. The van der Waals surface area contributed by atoms with E-state index in [9.17, 15) is 4.79 Å². The van der Waals surface area contributed by atoms with Gasteiger partial charge in [-0.1, -0.05) is 27.7 Å². The summed E-state index contributed by atoms with van der Waals surface area (Å²) in [5.74, 6) is 0.560. The number of nitrogens with one attached hydrogen (secondary N) is 1. The molecule has 3 N–H and O–H groups in total. The summed E-state index contributed by atoms with van der Waals surface area (Å²) in [5.41, 5.74) is 5.17. The van der Waals surface area contributed by atoms with Crippen molar-refractivity contribution >= 4 is 5.91 Å². The Hall–Kier alpha value is -0.570. The SMILES string of the molecule is CC(C)CC(C)(C)C(=O)NC(C)N. The van der Waals surface area contributed by atoms with Crippen LogP contribution < -0.4 is 11.1 Å². The molecule has 3 nitrogen and oxygen atoms in total. The molecule has 1 amide bonds. The third kappa shape index (κ3) is 4.88. The van der Waals surface area contributed by atoms with E-state index in [0.29, 0.717) is 5.92 Å². The van der Waals surface area contributed by atoms with Gasteiger partial charge in [0.05, 0.1) is 6.17 Å². The second kappa shape index (κ2) is 4.61. The molecule has 0 bridgehead atoms. The lowest BCUT2D eigenvalue weighted by atomic mass is 9.83. The maximum atomic E-state index is 11.6. The highest BCUT2D eigenvalue weighted by Gasteiger charge is 2.28. The molecule has 0 saturated carbocycles. The van der Waals surface area contributed by atoms with E-state index in [4.69, 9.17) is 5.73 Å². The normalized spacial score (nSPS) is 14.4. The van der Waals surface area contributed by atoms with E-state index in [2.05, 4.69) is 19.2 Å². The van der Waals surface area contributed by atoms with Crippen LogP contribution in [0.2, 0.25) is 0 Å². The first-order chi connectivity index (χ1) is 5.75. The lowest BCUT2D eigenvalue weighted by Crippen LogP contribution is -2.46. The highest BCUT2D eigenvalue weighted by molar-refractivity contribution is 5.81. The maximum absolute atomic E-state index is 11.6. The summed E-state index contributed by atoms with van der Waals surface area (Å²) < 4.78 is 0. The van der Waals surface area contributed by atoms with Crippen LogP contribution in [0.4, 0.5) is 0 Å². The van der Waals surface area contributed by atoms with Crippen molar-refractivity contribution in [2.45, 2.75) is 47.2 Å². The van der Waals surface area contributed by atoms with Crippen LogP contribution in [0.15, 0.2) is 0 Å². The van der Waals surface area contributed by atoms with Crippen molar-refractivity contribution in [3.63, 3.8) is 0 Å². The van der Waals surface area contributed by atoms with E-state index in [-0.39, 0.29) is 17.5 Å². The van der Waals surface area contributed by atoms with Crippen LogP contribution in [0, 0.1) is 11.3 Å². The van der Waals surface area contributed by atoms with Crippen molar-refractivity contribution in [2.24, 2.45) is 17.1 Å². The van der Waals surface area contributed by atoms with E-state index in [0.717, 1.165) is 6.42 Å². The zero-order valence-electron chi connectivity index (χ0n) is 9.35. The van der Waals surface area contributed by atoms with E-state index in [1.54, 1.807) is 6.92 Å². The molecule has 3 heteroatoms. The van der Waals surface area contributed by atoms with Gasteiger partial charge in [0.2, 0.25) is 5.91 Å². The van der Waals surface area contributed by atoms with Gasteiger partial charge in [0.15, 0.2) is 0 Å². The molecule has 1 unspecified atom stereocenters. The molecule has 0 aliphatic heterocycles. The Balaban J connectivity index is 4.19. The van der Waals surface area contributed by atoms with Crippen molar-refractivity contribution in [3.05, 3.63) is 0 Å². The molecule has 1 atom stereocenters. The maximum Gasteiger partial charge on any atom is 0.226 e. The van der Waals surface area contributed by atoms with Crippen LogP contribution in [0.25, 0.3) is 0 Å². The van der Waals surface area contributed by atoms with Crippen molar-refractivity contribution < 1.29 is 4.79 Å². The summed E-state index contributed by atoms with van der Waals surface area (Å²) in [6.45, 7) is 9.89. The van der Waals surface area contributed by atoms with Crippen molar-refractivity contribution in [1.29, 1.82) is 0 Å². The van der Waals surface area contributed by atoms with Gasteiger partial charge in [-0.25, -0.2) is 0 Å². The Labute approximate surface area is 81.1 Å². The Morgan fingerprint density at radius 2 is 1.85 bits per heavy atom.